The molecule has 2 aromatic heterocycles. The van der Waals surface area contributed by atoms with E-state index in [2.05, 4.69) is 10.4 Å². The fourth-order valence-corrected chi connectivity index (χ4v) is 3.45. The Kier molecular flexibility index (Phi) is 6.51. The molecule has 4 rings (SSSR count). The lowest BCUT2D eigenvalue weighted by Gasteiger charge is -2.07. The van der Waals surface area contributed by atoms with Crippen molar-refractivity contribution in [1.29, 1.82) is 0 Å². The van der Waals surface area contributed by atoms with Gasteiger partial charge in [-0.15, -0.1) is 0 Å². The molecule has 1 amide bonds. The molecule has 2 heterocycles. The number of nitrogens with zero attached hydrogens (tertiary/aromatic N) is 2. The highest BCUT2D eigenvalue weighted by Gasteiger charge is 2.14. The Morgan fingerprint density at radius 3 is 2.48 bits per heavy atom. The van der Waals surface area contributed by atoms with Crippen LogP contribution in [0, 0.1) is 0 Å². The van der Waals surface area contributed by atoms with Crippen LogP contribution in [0.4, 0.5) is 5.82 Å². The maximum Gasteiger partial charge on any atom is 0.292 e. The number of amides is 1. The summed E-state index contributed by atoms with van der Waals surface area (Å²) < 4.78 is 12.8. The van der Waals surface area contributed by atoms with Crippen LogP contribution in [0.1, 0.15) is 21.9 Å². The van der Waals surface area contributed by atoms with Crippen molar-refractivity contribution in [2.24, 2.45) is 0 Å². The van der Waals surface area contributed by atoms with Gasteiger partial charge in [-0.1, -0.05) is 40.9 Å². The van der Waals surface area contributed by atoms with Crippen molar-refractivity contribution in [3.8, 4) is 5.75 Å². The van der Waals surface area contributed by atoms with Gasteiger partial charge in [-0.3, -0.25) is 9.48 Å². The zero-order valence-corrected chi connectivity index (χ0v) is 18.3. The smallest absolute Gasteiger partial charge is 0.292 e. The van der Waals surface area contributed by atoms with Crippen molar-refractivity contribution in [1.82, 2.24) is 9.78 Å². The minimum atomic E-state index is -0.418. The summed E-state index contributed by atoms with van der Waals surface area (Å²) in [5.41, 5.74) is 0.753. The molecule has 6 nitrogen and oxygen atoms in total. The van der Waals surface area contributed by atoms with Gasteiger partial charge in [0, 0.05) is 32.9 Å². The molecule has 0 aliphatic heterocycles. The first kappa shape index (κ1) is 21.3. The van der Waals surface area contributed by atoms with Gasteiger partial charge in [0.25, 0.3) is 5.91 Å². The van der Waals surface area contributed by atoms with Crippen LogP contribution in [0.25, 0.3) is 0 Å². The number of ether oxygens (including phenoxy) is 1. The van der Waals surface area contributed by atoms with Gasteiger partial charge in [0.2, 0.25) is 0 Å². The predicted octanol–water partition coefficient (Wildman–Crippen LogP) is 6.32. The number of rotatable bonds is 7. The highest BCUT2D eigenvalue weighted by molar-refractivity contribution is 6.36. The zero-order chi connectivity index (χ0) is 21.8. The Balaban J connectivity index is 1.35. The lowest BCUT2D eigenvalue weighted by molar-refractivity contribution is 0.0992. The van der Waals surface area contributed by atoms with Crippen LogP contribution in [0.2, 0.25) is 15.1 Å². The molecule has 1 N–H and O–H groups in total. The fraction of sp³-hybridized carbons (Fsp3) is 0.0909. The van der Waals surface area contributed by atoms with E-state index in [1.54, 1.807) is 71.5 Å². The Morgan fingerprint density at radius 2 is 1.74 bits per heavy atom. The van der Waals surface area contributed by atoms with Crippen LogP contribution < -0.4 is 10.1 Å². The fourth-order valence-electron chi connectivity index (χ4n) is 2.80. The molecule has 9 heteroatoms. The van der Waals surface area contributed by atoms with Gasteiger partial charge >= 0.3 is 0 Å². The molecule has 4 aromatic rings. The van der Waals surface area contributed by atoms with Gasteiger partial charge in [-0.2, -0.15) is 5.10 Å². The number of nitrogens with one attached hydrogen (secondary N) is 1. The molecule has 0 unspecified atom stereocenters. The van der Waals surface area contributed by atoms with E-state index in [0.29, 0.717) is 38.9 Å². The molecule has 0 fully saturated rings. The summed E-state index contributed by atoms with van der Waals surface area (Å²) in [5.74, 6) is 1.27. The summed E-state index contributed by atoms with van der Waals surface area (Å²) in [6, 6.07) is 17.2. The Hall–Kier alpha value is -2.93. The summed E-state index contributed by atoms with van der Waals surface area (Å²) >= 11 is 18.3. The number of benzene rings is 2. The standard InChI is InChI=1S/C22H16Cl3N3O3/c23-14-4-6-15(7-5-14)30-13-16-8-9-20(31-16)22(29)26-21-10-11-28(27-21)12-17-18(24)2-1-3-19(17)25/h1-11H,12-13H2,(H,26,27,29). The lowest BCUT2D eigenvalue weighted by atomic mass is 10.2. The Labute approximate surface area is 193 Å². The van der Waals surface area contributed by atoms with Gasteiger partial charge in [-0.25, -0.2) is 0 Å². The third kappa shape index (κ3) is 5.41. The number of furan rings is 1. The Morgan fingerprint density at radius 1 is 1.00 bits per heavy atom. The molecule has 31 heavy (non-hydrogen) atoms. The summed E-state index contributed by atoms with van der Waals surface area (Å²) in [5, 5.41) is 8.77. The average molecular weight is 477 g/mol. The topological polar surface area (TPSA) is 69.3 Å². The summed E-state index contributed by atoms with van der Waals surface area (Å²) in [6.45, 7) is 0.559. The SMILES string of the molecule is O=C(Nc1ccn(Cc2c(Cl)cccc2Cl)n1)c1ccc(COc2ccc(Cl)cc2)o1. The molecule has 158 valence electrons. The van der Waals surface area contributed by atoms with Crippen LogP contribution in [0.15, 0.2) is 71.3 Å². The van der Waals surface area contributed by atoms with Crippen LogP contribution in [0.3, 0.4) is 0 Å². The molecule has 0 aliphatic rings. The second-order valence-corrected chi connectivity index (χ2v) is 7.81. The maximum atomic E-state index is 12.5. The molecule has 0 bridgehead atoms. The van der Waals surface area contributed by atoms with Crippen molar-refractivity contribution in [3.63, 3.8) is 0 Å². The molecule has 0 atom stereocenters. The second-order valence-electron chi connectivity index (χ2n) is 6.56. The van der Waals surface area contributed by atoms with E-state index in [4.69, 9.17) is 44.0 Å². The van der Waals surface area contributed by atoms with E-state index in [1.807, 2.05) is 0 Å². The van der Waals surface area contributed by atoms with Crippen LogP contribution >= 0.6 is 34.8 Å². The second kappa shape index (κ2) is 9.47. The van der Waals surface area contributed by atoms with E-state index >= 15 is 0 Å². The van der Waals surface area contributed by atoms with Crippen LogP contribution in [-0.4, -0.2) is 15.7 Å². The minimum absolute atomic E-state index is 0.151. The highest BCUT2D eigenvalue weighted by atomic mass is 35.5. The summed E-state index contributed by atoms with van der Waals surface area (Å²) in [6.07, 6.45) is 1.72. The quantitative estimate of drug-likeness (QED) is 0.339. The van der Waals surface area contributed by atoms with Crippen molar-refractivity contribution < 1.29 is 13.9 Å². The molecule has 0 aliphatic carbocycles. The van der Waals surface area contributed by atoms with E-state index in [0.717, 1.165) is 5.56 Å². The summed E-state index contributed by atoms with van der Waals surface area (Å²) in [7, 11) is 0. The summed E-state index contributed by atoms with van der Waals surface area (Å²) in [4.78, 5) is 12.5. The van der Waals surface area contributed by atoms with E-state index in [-0.39, 0.29) is 12.4 Å². The number of halogens is 3. The predicted molar refractivity (Wildman–Crippen MR) is 120 cm³/mol. The van der Waals surface area contributed by atoms with E-state index < -0.39 is 5.91 Å². The van der Waals surface area contributed by atoms with Gasteiger partial charge in [0.15, 0.2) is 11.6 Å². The van der Waals surface area contributed by atoms with Crippen molar-refractivity contribution in [3.05, 3.63) is 99.0 Å². The largest absolute Gasteiger partial charge is 0.486 e. The molecule has 2 aromatic carbocycles. The molecule has 0 saturated heterocycles. The van der Waals surface area contributed by atoms with Gasteiger partial charge in [-0.05, 0) is 48.5 Å². The number of anilines is 1. The zero-order valence-electron chi connectivity index (χ0n) is 16.0. The van der Waals surface area contributed by atoms with Crippen LogP contribution in [0.5, 0.6) is 5.75 Å². The molecular formula is C22H16Cl3N3O3. The highest BCUT2D eigenvalue weighted by Crippen LogP contribution is 2.25. The number of aromatic nitrogens is 2. The number of hydrogen-bond acceptors (Lipinski definition) is 4. The monoisotopic (exact) mass is 475 g/mol. The maximum absolute atomic E-state index is 12.5. The molecule has 0 spiro atoms. The van der Waals surface area contributed by atoms with Crippen LogP contribution in [-0.2, 0) is 13.2 Å². The van der Waals surface area contributed by atoms with E-state index in [9.17, 15) is 4.79 Å². The van der Waals surface area contributed by atoms with Gasteiger partial charge < -0.3 is 14.5 Å². The molecular weight excluding hydrogens is 461 g/mol. The first-order valence-corrected chi connectivity index (χ1v) is 10.4. The first-order chi connectivity index (χ1) is 15.0. The lowest BCUT2D eigenvalue weighted by Crippen LogP contribution is -2.12. The van der Waals surface area contributed by atoms with Gasteiger partial charge in [0.05, 0.1) is 6.54 Å². The van der Waals surface area contributed by atoms with Crippen molar-refractivity contribution in [2.45, 2.75) is 13.2 Å². The number of carbonyl (C=O) groups is 1. The number of hydrogen-bond donors (Lipinski definition) is 1. The average Bonchev–Trinajstić information content (AvgIpc) is 3.40. The third-order valence-corrected chi connectivity index (χ3v) is 5.30. The van der Waals surface area contributed by atoms with E-state index in [1.165, 1.54) is 0 Å². The third-order valence-electron chi connectivity index (χ3n) is 4.34. The van der Waals surface area contributed by atoms with Crippen molar-refractivity contribution in [2.75, 3.05) is 5.32 Å². The van der Waals surface area contributed by atoms with Gasteiger partial charge in [0.1, 0.15) is 18.1 Å². The normalized spacial score (nSPS) is 10.8. The molecule has 0 saturated carbocycles. The molecule has 0 radical (unpaired) electrons. The minimum Gasteiger partial charge on any atom is -0.486 e. The Bertz CT molecular complexity index is 1180. The first-order valence-electron chi connectivity index (χ1n) is 9.23. The number of carbonyl (C=O) groups excluding carboxylic acids is 1. The van der Waals surface area contributed by atoms with Crippen molar-refractivity contribution >= 4 is 46.5 Å².